The van der Waals surface area contributed by atoms with Gasteiger partial charge in [0.2, 0.25) is 11.8 Å². The zero-order valence-corrected chi connectivity index (χ0v) is 13.0. The van der Waals surface area contributed by atoms with Crippen LogP contribution in [0.1, 0.15) is 33.6 Å². The van der Waals surface area contributed by atoms with Gasteiger partial charge in [0.1, 0.15) is 6.04 Å². The Hall–Kier alpha value is -0.910. The number of nitrogens with zero attached hydrogens (tertiary/aromatic N) is 1. The molecule has 19 heavy (non-hydrogen) atoms. The predicted octanol–water partition coefficient (Wildman–Crippen LogP) is 0.518. The Bertz CT molecular complexity index is 377. The van der Waals surface area contributed by atoms with Gasteiger partial charge in [0, 0.05) is 42.3 Å². The standard InChI is InChI=1S/C13H24N2O3S/c1-13(2,3)11-12(17)15(7-5-9-19(4)18)8-6-10(16)14-11/h11H,5-9H2,1-4H3,(H,14,16). The van der Waals surface area contributed by atoms with E-state index in [1.165, 1.54) is 0 Å². The predicted molar refractivity (Wildman–Crippen MR) is 76.1 cm³/mol. The molecule has 0 aliphatic carbocycles. The first kappa shape index (κ1) is 16.1. The van der Waals surface area contributed by atoms with E-state index in [0.717, 1.165) is 0 Å². The topological polar surface area (TPSA) is 66.5 Å². The molecule has 0 saturated carbocycles. The minimum absolute atomic E-state index is 0.0276. The largest absolute Gasteiger partial charge is 0.344 e. The number of carbonyl (C=O) groups excluding carboxylic acids is 2. The molecule has 0 aromatic heterocycles. The number of carbonyl (C=O) groups is 2. The maximum Gasteiger partial charge on any atom is 0.245 e. The van der Waals surface area contributed by atoms with Gasteiger partial charge >= 0.3 is 0 Å². The number of nitrogens with one attached hydrogen (secondary N) is 1. The van der Waals surface area contributed by atoms with Crippen molar-refractivity contribution >= 4 is 22.6 Å². The first-order valence-electron chi connectivity index (χ1n) is 6.60. The number of amides is 2. The summed E-state index contributed by atoms with van der Waals surface area (Å²) in [6.07, 6.45) is 2.71. The maximum absolute atomic E-state index is 12.4. The second-order valence-electron chi connectivity index (χ2n) is 6.07. The second kappa shape index (κ2) is 6.50. The molecule has 6 heteroatoms. The second-order valence-corrected chi connectivity index (χ2v) is 7.63. The van der Waals surface area contributed by atoms with E-state index in [1.54, 1.807) is 11.2 Å². The summed E-state index contributed by atoms with van der Waals surface area (Å²) in [5.41, 5.74) is -0.303. The maximum atomic E-state index is 12.4. The van der Waals surface area contributed by atoms with Gasteiger partial charge in [-0.05, 0) is 11.8 Å². The Morgan fingerprint density at radius 3 is 2.53 bits per heavy atom. The molecule has 2 atom stereocenters. The van der Waals surface area contributed by atoms with Crippen molar-refractivity contribution in [1.29, 1.82) is 0 Å². The molecule has 0 aromatic rings. The molecule has 0 spiro atoms. The van der Waals surface area contributed by atoms with Gasteiger partial charge in [0.25, 0.3) is 0 Å². The molecule has 1 heterocycles. The van der Waals surface area contributed by atoms with Crippen molar-refractivity contribution in [3.8, 4) is 0 Å². The van der Waals surface area contributed by atoms with E-state index >= 15 is 0 Å². The Balaban J connectivity index is 2.73. The molecule has 0 aromatic carbocycles. The number of hydrogen-bond donors (Lipinski definition) is 1. The highest BCUT2D eigenvalue weighted by Gasteiger charge is 2.37. The molecule has 1 fully saturated rings. The highest BCUT2D eigenvalue weighted by molar-refractivity contribution is 7.84. The van der Waals surface area contributed by atoms with Crippen LogP contribution in [0.5, 0.6) is 0 Å². The third-order valence-electron chi connectivity index (χ3n) is 3.20. The van der Waals surface area contributed by atoms with Crippen LogP contribution >= 0.6 is 0 Å². The van der Waals surface area contributed by atoms with Crippen LogP contribution in [-0.4, -0.2) is 52.1 Å². The molecule has 0 bridgehead atoms. The molecule has 1 rings (SSSR count). The minimum Gasteiger partial charge on any atom is -0.344 e. The summed E-state index contributed by atoms with van der Waals surface area (Å²) in [6, 6.07) is -0.477. The highest BCUT2D eigenvalue weighted by Crippen LogP contribution is 2.23. The van der Waals surface area contributed by atoms with E-state index in [2.05, 4.69) is 5.32 Å². The SMILES string of the molecule is CS(=O)CCCN1CCC(=O)NC(C(C)(C)C)C1=O. The van der Waals surface area contributed by atoms with Crippen molar-refractivity contribution < 1.29 is 13.8 Å². The molecule has 0 radical (unpaired) electrons. The van der Waals surface area contributed by atoms with Crippen LogP contribution in [0.3, 0.4) is 0 Å². The lowest BCUT2D eigenvalue weighted by Gasteiger charge is -2.32. The smallest absolute Gasteiger partial charge is 0.245 e. The van der Waals surface area contributed by atoms with Crippen molar-refractivity contribution in [3.63, 3.8) is 0 Å². The Labute approximate surface area is 117 Å². The summed E-state index contributed by atoms with van der Waals surface area (Å²) in [5.74, 6) is 0.487. The monoisotopic (exact) mass is 288 g/mol. The van der Waals surface area contributed by atoms with Gasteiger partial charge in [-0.1, -0.05) is 20.8 Å². The third-order valence-corrected chi connectivity index (χ3v) is 4.06. The molecule has 110 valence electrons. The average Bonchev–Trinajstić information content (AvgIpc) is 2.40. The van der Waals surface area contributed by atoms with Crippen LogP contribution in [0.2, 0.25) is 0 Å². The first-order chi connectivity index (χ1) is 8.71. The van der Waals surface area contributed by atoms with Gasteiger partial charge in [-0.15, -0.1) is 0 Å². The van der Waals surface area contributed by atoms with Crippen molar-refractivity contribution in [1.82, 2.24) is 10.2 Å². The van der Waals surface area contributed by atoms with E-state index in [-0.39, 0.29) is 17.2 Å². The van der Waals surface area contributed by atoms with Gasteiger partial charge in [-0.3, -0.25) is 13.8 Å². The van der Waals surface area contributed by atoms with Crippen LogP contribution in [0, 0.1) is 5.41 Å². The van der Waals surface area contributed by atoms with Gasteiger partial charge in [0.05, 0.1) is 0 Å². The van der Waals surface area contributed by atoms with Crippen molar-refractivity contribution in [2.75, 3.05) is 25.1 Å². The number of hydrogen-bond acceptors (Lipinski definition) is 3. The summed E-state index contributed by atoms with van der Waals surface area (Å²) in [7, 11) is -0.839. The van der Waals surface area contributed by atoms with Crippen molar-refractivity contribution in [2.45, 2.75) is 39.7 Å². The fourth-order valence-corrected chi connectivity index (χ4v) is 2.63. The zero-order valence-electron chi connectivity index (χ0n) is 12.2. The van der Waals surface area contributed by atoms with Gasteiger partial charge in [-0.25, -0.2) is 0 Å². The molecule has 1 N–H and O–H groups in total. The van der Waals surface area contributed by atoms with E-state index in [9.17, 15) is 13.8 Å². The van der Waals surface area contributed by atoms with Gasteiger partial charge < -0.3 is 10.2 Å². The molecule has 1 saturated heterocycles. The molecule has 1 aliphatic heterocycles. The molecule has 1 aliphatic rings. The van der Waals surface area contributed by atoms with Crippen LogP contribution < -0.4 is 5.32 Å². The quantitative estimate of drug-likeness (QED) is 0.820. The lowest BCUT2D eigenvalue weighted by atomic mass is 9.86. The van der Waals surface area contributed by atoms with E-state index in [4.69, 9.17) is 0 Å². The summed E-state index contributed by atoms with van der Waals surface area (Å²) < 4.78 is 11.1. The summed E-state index contributed by atoms with van der Waals surface area (Å²) >= 11 is 0. The first-order valence-corrected chi connectivity index (χ1v) is 8.32. The van der Waals surface area contributed by atoms with Crippen LogP contribution in [0.15, 0.2) is 0 Å². The van der Waals surface area contributed by atoms with Gasteiger partial charge in [-0.2, -0.15) is 0 Å². The normalized spacial score (nSPS) is 22.9. The Morgan fingerprint density at radius 1 is 1.37 bits per heavy atom. The molecular weight excluding hydrogens is 264 g/mol. The average molecular weight is 288 g/mol. The Morgan fingerprint density at radius 2 is 2.00 bits per heavy atom. The van der Waals surface area contributed by atoms with E-state index in [1.807, 2.05) is 20.8 Å². The zero-order chi connectivity index (χ0) is 14.6. The summed E-state index contributed by atoms with van der Waals surface area (Å²) in [6.45, 7) is 6.86. The highest BCUT2D eigenvalue weighted by atomic mass is 32.2. The molecular formula is C13H24N2O3S. The van der Waals surface area contributed by atoms with E-state index in [0.29, 0.717) is 31.7 Å². The van der Waals surface area contributed by atoms with Gasteiger partial charge in [0.15, 0.2) is 0 Å². The fourth-order valence-electron chi connectivity index (χ4n) is 2.09. The Kier molecular flexibility index (Phi) is 5.52. The summed E-state index contributed by atoms with van der Waals surface area (Å²) in [4.78, 5) is 25.8. The molecule has 5 nitrogen and oxygen atoms in total. The van der Waals surface area contributed by atoms with Crippen LogP contribution in [0.25, 0.3) is 0 Å². The van der Waals surface area contributed by atoms with Crippen molar-refractivity contribution in [2.24, 2.45) is 5.41 Å². The van der Waals surface area contributed by atoms with Crippen LogP contribution in [0.4, 0.5) is 0 Å². The molecule has 2 unspecified atom stereocenters. The lowest BCUT2D eigenvalue weighted by molar-refractivity contribution is -0.136. The lowest BCUT2D eigenvalue weighted by Crippen LogP contribution is -2.52. The minimum atomic E-state index is -0.839. The number of rotatable bonds is 4. The van der Waals surface area contributed by atoms with Crippen molar-refractivity contribution in [3.05, 3.63) is 0 Å². The third kappa shape index (κ3) is 4.93. The van der Waals surface area contributed by atoms with E-state index < -0.39 is 16.8 Å². The van der Waals surface area contributed by atoms with Crippen LogP contribution in [-0.2, 0) is 20.4 Å². The molecule has 2 amide bonds. The summed E-state index contributed by atoms with van der Waals surface area (Å²) in [5, 5.41) is 2.81. The fraction of sp³-hybridized carbons (Fsp3) is 0.846.